The lowest BCUT2D eigenvalue weighted by molar-refractivity contribution is 0.249. The van der Waals surface area contributed by atoms with Crippen molar-refractivity contribution in [2.45, 2.75) is 20.4 Å². The Bertz CT molecular complexity index is 646. The van der Waals surface area contributed by atoms with Crippen LogP contribution in [0.1, 0.15) is 16.7 Å². The molecule has 0 radical (unpaired) electrons. The fraction of sp³-hybridized carbons (Fsp3) is 0.368. The van der Waals surface area contributed by atoms with Gasteiger partial charge in [0.05, 0.1) is 5.69 Å². The normalized spacial score (nSPS) is 16.0. The first-order valence-corrected chi connectivity index (χ1v) is 7.95. The minimum atomic E-state index is 0.380. The third kappa shape index (κ3) is 3.25. The number of hydrogen-bond acceptors (Lipinski definition) is 3. The van der Waals surface area contributed by atoms with Gasteiger partial charge in [0.1, 0.15) is 5.75 Å². The van der Waals surface area contributed by atoms with Crippen LogP contribution in [0.4, 0.5) is 5.69 Å². The van der Waals surface area contributed by atoms with Gasteiger partial charge >= 0.3 is 0 Å². The first-order valence-electron chi connectivity index (χ1n) is 7.95. The molecule has 0 amide bonds. The minimum Gasteiger partial charge on any atom is -0.506 e. The molecule has 0 aliphatic carbocycles. The highest BCUT2D eigenvalue weighted by Gasteiger charge is 2.19. The van der Waals surface area contributed by atoms with Crippen LogP contribution in [-0.4, -0.2) is 36.2 Å². The lowest BCUT2D eigenvalue weighted by atomic mass is 10.0. The zero-order valence-electron chi connectivity index (χ0n) is 13.4. The van der Waals surface area contributed by atoms with Crippen molar-refractivity contribution in [1.82, 2.24) is 4.90 Å². The van der Waals surface area contributed by atoms with Gasteiger partial charge in [-0.15, -0.1) is 0 Å². The Labute approximate surface area is 132 Å². The molecular weight excluding hydrogens is 272 g/mol. The molecule has 116 valence electrons. The zero-order chi connectivity index (χ0) is 15.5. The average Bonchev–Trinajstić information content (AvgIpc) is 2.52. The molecule has 0 aromatic heterocycles. The van der Waals surface area contributed by atoms with Crippen LogP contribution in [0.5, 0.6) is 5.75 Å². The second kappa shape index (κ2) is 6.41. The van der Waals surface area contributed by atoms with Crippen molar-refractivity contribution in [2.24, 2.45) is 0 Å². The summed E-state index contributed by atoms with van der Waals surface area (Å²) >= 11 is 0. The smallest absolute Gasteiger partial charge is 0.138 e. The highest BCUT2D eigenvalue weighted by molar-refractivity contribution is 5.57. The Kier molecular flexibility index (Phi) is 4.34. The number of benzene rings is 2. The predicted octanol–water partition coefficient (Wildman–Crippen LogP) is 3.33. The molecule has 0 saturated carbocycles. The summed E-state index contributed by atoms with van der Waals surface area (Å²) in [6.45, 7) is 9.34. The van der Waals surface area contributed by atoms with E-state index in [-0.39, 0.29) is 0 Å². The summed E-state index contributed by atoms with van der Waals surface area (Å²) in [6.07, 6.45) is 0. The lowest BCUT2D eigenvalue weighted by Crippen LogP contribution is -2.46. The predicted molar refractivity (Wildman–Crippen MR) is 91.5 cm³/mol. The molecule has 1 heterocycles. The molecule has 1 fully saturated rings. The van der Waals surface area contributed by atoms with Crippen LogP contribution in [0.3, 0.4) is 0 Å². The Morgan fingerprint density at radius 3 is 2.41 bits per heavy atom. The first kappa shape index (κ1) is 14.9. The summed E-state index contributed by atoms with van der Waals surface area (Å²) in [4.78, 5) is 4.77. The molecule has 3 rings (SSSR count). The third-order valence-electron chi connectivity index (χ3n) is 4.49. The molecule has 0 bridgehead atoms. The molecule has 2 aromatic rings. The van der Waals surface area contributed by atoms with Crippen LogP contribution in [0.2, 0.25) is 0 Å². The van der Waals surface area contributed by atoms with Crippen LogP contribution >= 0.6 is 0 Å². The SMILES string of the molecule is Cc1ccc(C)c(CN2CCN(c3ccccc3O)CC2)c1. The van der Waals surface area contributed by atoms with Gasteiger partial charge in [0.25, 0.3) is 0 Å². The number of para-hydroxylation sites is 2. The largest absolute Gasteiger partial charge is 0.506 e. The van der Waals surface area contributed by atoms with E-state index in [0.29, 0.717) is 5.75 Å². The van der Waals surface area contributed by atoms with E-state index in [1.165, 1.54) is 16.7 Å². The van der Waals surface area contributed by atoms with Gasteiger partial charge in [-0.2, -0.15) is 0 Å². The number of piperazine rings is 1. The van der Waals surface area contributed by atoms with Crippen molar-refractivity contribution >= 4 is 5.69 Å². The number of phenols is 1. The van der Waals surface area contributed by atoms with Gasteiger partial charge in [0.15, 0.2) is 0 Å². The molecule has 0 unspecified atom stereocenters. The lowest BCUT2D eigenvalue weighted by Gasteiger charge is -2.36. The molecule has 0 atom stereocenters. The molecule has 1 N–H and O–H groups in total. The Hall–Kier alpha value is -2.00. The van der Waals surface area contributed by atoms with Crippen molar-refractivity contribution in [3.63, 3.8) is 0 Å². The second-order valence-electron chi connectivity index (χ2n) is 6.18. The maximum Gasteiger partial charge on any atom is 0.138 e. The van der Waals surface area contributed by atoms with Crippen LogP contribution in [0, 0.1) is 13.8 Å². The maximum atomic E-state index is 9.98. The number of rotatable bonds is 3. The molecule has 22 heavy (non-hydrogen) atoms. The highest BCUT2D eigenvalue weighted by atomic mass is 16.3. The minimum absolute atomic E-state index is 0.380. The number of anilines is 1. The summed E-state index contributed by atoms with van der Waals surface area (Å²) in [7, 11) is 0. The number of hydrogen-bond donors (Lipinski definition) is 1. The molecule has 0 spiro atoms. The van der Waals surface area contributed by atoms with Gasteiger partial charge in [0, 0.05) is 32.7 Å². The molecule has 1 saturated heterocycles. The van der Waals surface area contributed by atoms with E-state index in [2.05, 4.69) is 41.8 Å². The van der Waals surface area contributed by atoms with E-state index in [0.717, 1.165) is 38.4 Å². The van der Waals surface area contributed by atoms with Crippen LogP contribution in [-0.2, 0) is 6.54 Å². The van der Waals surface area contributed by atoms with Crippen LogP contribution < -0.4 is 4.90 Å². The van der Waals surface area contributed by atoms with Gasteiger partial charge in [-0.3, -0.25) is 4.90 Å². The standard InChI is InChI=1S/C19H24N2O/c1-15-7-8-16(2)17(13-15)14-20-9-11-21(12-10-20)18-5-3-4-6-19(18)22/h3-8,13,22H,9-12,14H2,1-2H3. The molecular formula is C19H24N2O. The Morgan fingerprint density at radius 1 is 0.955 bits per heavy atom. The quantitative estimate of drug-likeness (QED) is 0.941. The summed E-state index contributed by atoms with van der Waals surface area (Å²) in [5, 5.41) is 9.98. The number of nitrogens with zero attached hydrogens (tertiary/aromatic N) is 2. The topological polar surface area (TPSA) is 26.7 Å². The third-order valence-corrected chi connectivity index (χ3v) is 4.49. The highest BCUT2D eigenvalue weighted by Crippen LogP contribution is 2.27. The summed E-state index contributed by atoms with van der Waals surface area (Å²) in [5.41, 5.74) is 5.08. The van der Waals surface area contributed by atoms with Gasteiger partial charge in [-0.1, -0.05) is 35.9 Å². The van der Waals surface area contributed by atoms with Gasteiger partial charge in [-0.05, 0) is 37.1 Å². The fourth-order valence-electron chi connectivity index (χ4n) is 3.09. The van der Waals surface area contributed by atoms with E-state index in [9.17, 15) is 5.11 Å². The van der Waals surface area contributed by atoms with Crippen molar-refractivity contribution in [2.75, 3.05) is 31.1 Å². The molecule has 1 aliphatic heterocycles. The van der Waals surface area contributed by atoms with Crippen molar-refractivity contribution in [1.29, 1.82) is 0 Å². The number of aromatic hydroxyl groups is 1. The Balaban J connectivity index is 1.62. The average molecular weight is 296 g/mol. The zero-order valence-corrected chi connectivity index (χ0v) is 13.4. The van der Waals surface area contributed by atoms with E-state index in [1.54, 1.807) is 6.07 Å². The molecule has 3 heteroatoms. The fourth-order valence-corrected chi connectivity index (χ4v) is 3.09. The van der Waals surface area contributed by atoms with E-state index < -0.39 is 0 Å². The molecule has 3 nitrogen and oxygen atoms in total. The number of aryl methyl sites for hydroxylation is 2. The van der Waals surface area contributed by atoms with Crippen LogP contribution in [0.25, 0.3) is 0 Å². The van der Waals surface area contributed by atoms with Gasteiger partial charge in [-0.25, -0.2) is 0 Å². The van der Waals surface area contributed by atoms with Gasteiger partial charge < -0.3 is 10.0 Å². The van der Waals surface area contributed by atoms with E-state index >= 15 is 0 Å². The summed E-state index contributed by atoms with van der Waals surface area (Å²) < 4.78 is 0. The van der Waals surface area contributed by atoms with Crippen molar-refractivity contribution in [3.8, 4) is 5.75 Å². The van der Waals surface area contributed by atoms with Crippen molar-refractivity contribution in [3.05, 3.63) is 59.2 Å². The summed E-state index contributed by atoms with van der Waals surface area (Å²) in [5.74, 6) is 0.380. The number of phenolic OH excluding ortho intramolecular Hbond substituents is 1. The van der Waals surface area contributed by atoms with E-state index in [4.69, 9.17) is 0 Å². The second-order valence-corrected chi connectivity index (χ2v) is 6.18. The molecule has 2 aromatic carbocycles. The van der Waals surface area contributed by atoms with E-state index in [1.807, 2.05) is 18.2 Å². The first-order chi connectivity index (χ1) is 10.6. The Morgan fingerprint density at radius 2 is 1.68 bits per heavy atom. The monoisotopic (exact) mass is 296 g/mol. The molecule has 1 aliphatic rings. The van der Waals surface area contributed by atoms with Gasteiger partial charge in [0.2, 0.25) is 0 Å². The van der Waals surface area contributed by atoms with Crippen LogP contribution in [0.15, 0.2) is 42.5 Å². The van der Waals surface area contributed by atoms with Crippen molar-refractivity contribution < 1.29 is 5.11 Å². The maximum absolute atomic E-state index is 9.98. The summed E-state index contributed by atoms with van der Waals surface area (Å²) in [6, 6.07) is 14.3.